The number of sulfonamides is 1. The highest BCUT2D eigenvalue weighted by atomic mass is 32.2. The van der Waals surface area contributed by atoms with Crippen LogP contribution in [0.2, 0.25) is 0 Å². The van der Waals surface area contributed by atoms with E-state index in [0.29, 0.717) is 5.13 Å². The van der Waals surface area contributed by atoms with Gasteiger partial charge in [-0.1, -0.05) is 11.3 Å². The summed E-state index contributed by atoms with van der Waals surface area (Å²) >= 11 is 1.18. The van der Waals surface area contributed by atoms with E-state index in [0.717, 1.165) is 4.31 Å². The number of hydrogen-bond acceptors (Lipinski definition) is 8. The molecule has 1 aromatic heterocycles. The lowest BCUT2D eigenvalue weighted by Crippen LogP contribution is -2.33. The molecule has 0 saturated carbocycles. The van der Waals surface area contributed by atoms with Gasteiger partial charge in [0.1, 0.15) is 5.51 Å². The summed E-state index contributed by atoms with van der Waals surface area (Å²) in [6.45, 7) is 0.232. The van der Waals surface area contributed by atoms with Crippen molar-refractivity contribution in [1.29, 1.82) is 0 Å². The molecular weight excluding hydrogens is 370 g/mol. The fraction of sp³-hybridized carbons (Fsp3) is 0.692. The van der Waals surface area contributed by atoms with E-state index in [9.17, 15) is 23.1 Å². The molecule has 2 amide bonds. The van der Waals surface area contributed by atoms with Crippen LogP contribution >= 0.6 is 11.3 Å². The number of anilines is 1. The Labute approximate surface area is 149 Å². The third kappa shape index (κ3) is 5.42. The van der Waals surface area contributed by atoms with Crippen LogP contribution < -0.4 is 5.32 Å². The second-order valence-corrected chi connectivity index (χ2v) is 9.04. The van der Waals surface area contributed by atoms with E-state index in [1.807, 2.05) is 0 Å². The Hall–Kier alpha value is -1.63. The molecule has 0 bridgehead atoms. The number of aliphatic hydroxyl groups is 1. The van der Waals surface area contributed by atoms with Crippen molar-refractivity contribution < 1.29 is 23.1 Å². The third-order valence-corrected chi connectivity index (χ3v) is 6.48. The Kier molecular flexibility index (Phi) is 6.43. The number of β-amino-alcohol motifs (C(OH)–C–C–N with tert-alkyl or cyclic N) is 1. The van der Waals surface area contributed by atoms with Crippen LogP contribution in [0.3, 0.4) is 0 Å². The molecule has 0 aliphatic carbocycles. The van der Waals surface area contributed by atoms with Crippen molar-refractivity contribution in [2.24, 2.45) is 5.92 Å². The van der Waals surface area contributed by atoms with E-state index in [4.69, 9.17) is 0 Å². The summed E-state index contributed by atoms with van der Waals surface area (Å²) in [7, 11) is -0.605. The molecule has 1 fully saturated rings. The van der Waals surface area contributed by atoms with Gasteiger partial charge in [-0.2, -0.15) is 0 Å². The standard InChI is InChI=1S/C13H21N5O5S2/c1-17(2)25(22,23)7-9-5-18(6-10(9)19)12(21)4-3-11(20)15-13-16-14-8-24-13/h8-10,19H,3-7H2,1-2H3,(H,15,16,20)/t9-,10-/m0/s1. The first kappa shape index (κ1) is 19.7. The predicted octanol–water partition coefficient (Wildman–Crippen LogP) is -1.03. The van der Waals surface area contributed by atoms with Crippen LogP contribution in [0, 0.1) is 5.92 Å². The second-order valence-electron chi connectivity index (χ2n) is 5.98. The average molecular weight is 391 g/mol. The lowest BCUT2D eigenvalue weighted by molar-refractivity contribution is -0.132. The summed E-state index contributed by atoms with van der Waals surface area (Å²) in [6, 6.07) is 0. The van der Waals surface area contributed by atoms with Crippen molar-refractivity contribution in [3.05, 3.63) is 5.51 Å². The first-order valence-corrected chi connectivity index (χ1v) is 10.1. The highest BCUT2D eigenvalue weighted by molar-refractivity contribution is 7.89. The number of carbonyl (C=O) groups is 2. The average Bonchev–Trinajstić information content (AvgIpc) is 3.15. The maximum Gasteiger partial charge on any atom is 0.226 e. The zero-order chi connectivity index (χ0) is 18.6. The molecule has 0 radical (unpaired) electrons. The maximum absolute atomic E-state index is 12.2. The Morgan fingerprint density at radius 2 is 2.12 bits per heavy atom. The predicted molar refractivity (Wildman–Crippen MR) is 91.3 cm³/mol. The van der Waals surface area contributed by atoms with Gasteiger partial charge in [0.05, 0.1) is 11.9 Å². The first-order chi connectivity index (χ1) is 11.7. The normalized spacial score (nSPS) is 20.9. The number of amides is 2. The van der Waals surface area contributed by atoms with Crippen molar-refractivity contribution in [2.45, 2.75) is 18.9 Å². The monoisotopic (exact) mass is 391 g/mol. The Bertz CT molecular complexity index is 706. The van der Waals surface area contributed by atoms with Crippen LogP contribution in [0.15, 0.2) is 5.51 Å². The summed E-state index contributed by atoms with van der Waals surface area (Å²) < 4.78 is 24.9. The lowest BCUT2D eigenvalue weighted by atomic mass is 10.1. The molecule has 1 aliphatic heterocycles. The zero-order valence-corrected chi connectivity index (χ0v) is 15.6. The number of nitrogens with one attached hydrogen (secondary N) is 1. The van der Waals surface area contributed by atoms with E-state index in [1.54, 1.807) is 0 Å². The van der Waals surface area contributed by atoms with Crippen molar-refractivity contribution in [2.75, 3.05) is 38.3 Å². The minimum Gasteiger partial charge on any atom is -0.391 e. The van der Waals surface area contributed by atoms with Gasteiger partial charge >= 0.3 is 0 Å². The van der Waals surface area contributed by atoms with Crippen molar-refractivity contribution >= 4 is 38.3 Å². The SMILES string of the molecule is CN(C)S(=O)(=O)C[C@@H]1CN(C(=O)CCC(=O)Nc2nncs2)C[C@@H]1O. The summed E-state index contributed by atoms with van der Waals surface area (Å²) in [5, 5.41) is 20.2. The van der Waals surface area contributed by atoms with Gasteiger partial charge in [0.2, 0.25) is 27.0 Å². The van der Waals surface area contributed by atoms with Gasteiger partial charge in [-0.05, 0) is 0 Å². The number of carbonyl (C=O) groups excluding carboxylic acids is 2. The van der Waals surface area contributed by atoms with Gasteiger partial charge in [-0.25, -0.2) is 12.7 Å². The molecule has 1 aliphatic rings. The largest absolute Gasteiger partial charge is 0.391 e. The molecule has 2 rings (SSSR count). The Morgan fingerprint density at radius 3 is 2.72 bits per heavy atom. The molecule has 1 saturated heterocycles. The van der Waals surface area contributed by atoms with E-state index in [-0.39, 0.29) is 43.5 Å². The topological polar surface area (TPSA) is 133 Å². The summed E-state index contributed by atoms with van der Waals surface area (Å²) in [6.07, 6.45) is -0.940. The van der Waals surface area contributed by atoms with Gasteiger partial charge < -0.3 is 15.3 Å². The molecule has 0 spiro atoms. The number of likely N-dealkylation sites (tertiary alicyclic amines) is 1. The molecule has 0 aromatic carbocycles. The molecule has 2 heterocycles. The van der Waals surface area contributed by atoms with Crippen molar-refractivity contribution in [1.82, 2.24) is 19.4 Å². The molecule has 10 nitrogen and oxygen atoms in total. The number of aromatic nitrogens is 2. The fourth-order valence-electron chi connectivity index (χ4n) is 2.43. The van der Waals surface area contributed by atoms with E-state index in [1.165, 1.54) is 35.8 Å². The molecule has 0 unspecified atom stereocenters. The van der Waals surface area contributed by atoms with Crippen LogP contribution in [0.4, 0.5) is 5.13 Å². The van der Waals surface area contributed by atoms with E-state index >= 15 is 0 Å². The fourth-order valence-corrected chi connectivity index (χ4v) is 4.06. The van der Waals surface area contributed by atoms with Gasteiger partial charge in [0, 0.05) is 45.9 Å². The van der Waals surface area contributed by atoms with Gasteiger partial charge in [-0.3, -0.25) is 9.59 Å². The Balaban J connectivity index is 1.81. The number of nitrogens with zero attached hydrogens (tertiary/aromatic N) is 4. The van der Waals surface area contributed by atoms with E-state index in [2.05, 4.69) is 15.5 Å². The first-order valence-electron chi connectivity index (χ1n) is 7.61. The van der Waals surface area contributed by atoms with E-state index < -0.39 is 22.0 Å². The minimum atomic E-state index is -3.46. The quantitative estimate of drug-likeness (QED) is 0.607. The van der Waals surface area contributed by atoms with Crippen LogP contribution in [0.25, 0.3) is 0 Å². The van der Waals surface area contributed by atoms with Crippen molar-refractivity contribution in [3.8, 4) is 0 Å². The molecule has 12 heteroatoms. The van der Waals surface area contributed by atoms with Crippen molar-refractivity contribution in [3.63, 3.8) is 0 Å². The number of aliphatic hydroxyl groups excluding tert-OH is 1. The van der Waals surface area contributed by atoms with Crippen LogP contribution in [-0.4, -0.2) is 83.8 Å². The van der Waals surface area contributed by atoms with Crippen LogP contribution in [0.5, 0.6) is 0 Å². The summed E-state index contributed by atoms with van der Waals surface area (Å²) in [4.78, 5) is 25.3. The molecule has 140 valence electrons. The number of rotatable bonds is 7. The highest BCUT2D eigenvalue weighted by Gasteiger charge is 2.37. The molecule has 25 heavy (non-hydrogen) atoms. The van der Waals surface area contributed by atoms with Gasteiger partial charge in [-0.15, -0.1) is 10.2 Å². The van der Waals surface area contributed by atoms with Crippen LogP contribution in [-0.2, 0) is 19.6 Å². The molecule has 2 atom stereocenters. The third-order valence-electron chi connectivity index (χ3n) is 3.91. The van der Waals surface area contributed by atoms with Crippen LogP contribution in [0.1, 0.15) is 12.8 Å². The summed E-state index contributed by atoms with van der Waals surface area (Å²) in [5.74, 6) is -1.40. The molecule has 1 aromatic rings. The Morgan fingerprint density at radius 1 is 1.40 bits per heavy atom. The highest BCUT2D eigenvalue weighted by Crippen LogP contribution is 2.21. The lowest BCUT2D eigenvalue weighted by Gasteiger charge is -2.18. The maximum atomic E-state index is 12.2. The van der Waals surface area contributed by atoms with Gasteiger partial charge in [0.15, 0.2) is 0 Å². The second kappa shape index (κ2) is 8.17. The van der Waals surface area contributed by atoms with Gasteiger partial charge in [0.25, 0.3) is 0 Å². The summed E-state index contributed by atoms with van der Waals surface area (Å²) in [5.41, 5.74) is 1.48. The smallest absolute Gasteiger partial charge is 0.226 e. The molecular formula is C13H21N5O5S2. The minimum absolute atomic E-state index is 0.0222. The number of hydrogen-bond donors (Lipinski definition) is 2. The molecule has 2 N–H and O–H groups in total. The zero-order valence-electron chi connectivity index (χ0n) is 14.0.